The van der Waals surface area contributed by atoms with E-state index in [-0.39, 0.29) is 36.0 Å². The lowest BCUT2D eigenvalue weighted by Gasteiger charge is -2.02. The minimum absolute atomic E-state index is 0.0761. The van der Waals surface area contributed by atoms with Crippen LogP contribution in [0.25, 0.3) is 0 Å². The van der Waals surface area contributed by atoms with Gasteiger partial charge >= 0.3 is 12.0 Å². The molecule has 1 heterocycles. The average molecular weight is 319 g/mol. The number of nitrogens with one attached hydrogen (secondary N) is 1. The summed E-state index contributed by atoms with van der Waals surface area (Å²) in [4.78, 5) is 37.4. The number of hydrogen-bond donors (Lipinski definition) is 1. The van der Waals surface area contributed by atoms with Crippen molar-refractivity contribution in [3.63, 3.8) is 0 Å². The fraction of sp³-hybridized carbons (Fsp3) is 0.214. The number of oxazole rings is 1. The highest BCUT2D eigenvalue weighted by molar-refractivity contribution is 5.92. The van der Waals surface area contributed by atoms with Crippen molar-refractivity contribution < 1.29 is 23.7 Å². The summed E-state index contributed by atoms with van der Waals surface area (Å²) in [6, 6.07) is 5.72. The molecule has 0 atom stereocenters. The molecule has 0 aliphatic carbocycles. The molecule has 2 rings (SSSR count). The highest BCUT2D eigenvalue weighted by Crippen LogP contribution is 2.18. The number of hydrogen-bond acceptors (Lipinski definition) is 7. The number of ether oxygens (including phenoxy) is 1. The van der Waals surface area contributed by atoms with E-state index in [0.29, 0.717) is 0 Å². The monoisotopic (exact) mass is 319 g/mol. The first kappa shape index (κ1) is 16.1. The van der Waals surface area contributed by atoms with E-state index < -0.39 is 16.8 Å². The smallest absolute Gasteiger partial charge is 0.360 e. The van der Waals surface area contributed by atoms with Crippen LogP contribution < -0.4 is 5.32 Å². The van der Waals surface area contributed by atoms with Gasteiger partial charge < -0.3 is 9.15 Å². The average Bonchev–Trinajstić information content (AvgIpc) is 2.96. The molecule has 120 valence electrons. The fourth-order valence-corrected chi connectivity index (χ4v) is 1.80. The summed E-state index contributed by atoms with van der Waals surface area (Å²) in [5.41, 5.74) is 0.0299. The van der Waals surface area contributed by atoms with Crippen LogP contribution >= 0.6 is 0 Å². The summed E-state index contributed by atoms with van der Waals surface area (Å²) in [6.07, 6.45) is 0.826. The van der Waals surface area contributed by atoms with E-state index in [0.717, 1.165) is 6.26 Å². The number of aromatic nitrogens is 1. The van der Waals surface area contributed by atoms with Gasteiger partial charge in [-0.05, 0) is 6.92 Å². The summed E-state index contributed by atoms with van der Waals surface area (Å²) in [5.74, 6) is -1.23. The molecule has 9 heteroatoms. The SMILES string of the molecule is CCOC(=O)c1coc(NC(=O)Cc2ccccc2[N+](=O)[O-])n1. The minimum atomic E-state index is -0.671. The topological polar surface area (TPSA) is 125 Å². The lowest BCUT2D eigenvalue weighted by atomic mass is 10.1. The molecule has 0 fully saturated rings. The van der Waals surface area contributed by atoms with Crippen molar-refractivity contribution in [1.29, 1.82) is 0 Å². The van der Waals surface area contributed by atoms with Crippen LogP contribution in [-0.4, -0.2) is 28.4 Å². The van der Waals surface area contributed by atoms with E-state index in [1.165, 1.54) is 18.2 Å². The van der Waals surface area contributed by atoms with Gasteiger partial charge in [-0.25, -0.2) is 4.79 Å². The zero-order valence-corrected chi connectivity index (χ0v) is 12.1. The van der Waals surface area contributed by atoms with Crippen LogP contribution in [0.3, 0.4) is 0 Å². The molecular formula is C14H13N3O6. The first-order chi connectivity index (χ1) is 11.0. The Morgan fingerprint density at radius 2 is 2.13 bits per heavy atom. The Morgan fingerprint density at radius 3 is 2.83 bits per heavy atom. The van der Waals surface area contributed by atoms with Crippen LogP contribution in [0.2, 0.25) is 0 Å². The lowest BCUT2D eigenvalue weighted by molar-refractivity contribution is -0.385. The first-order valence-corrected chi connectivity index (χ1v) is 6.66. The molecule has 0 radical (unpaired) electrons. The number of carbonyl (C=O) groups is 2. The van der Waals surface area contributed by atoms with Crippen LogP contribution in [0.15, 0.2) is 34.9 Å². The summed E-state index contributed by atoms with van der Waals surface area (Å²) in [7, 11) is 0. The molecule has 0 aliphatic heterocycles. The largest absolute Gasteiger partial charge is 0.461 e. The third-order valence-electron chi connectivity index (χ3n) is 2.77. The molecule has 1 amide bonds. The summed E-state index contributed by atoms with van der Waals surface area (Å²) in [6.45, 7) is 1.83. The molecule has 0 spiro atoms. The summed E-state index contributed by atoms with van der Waals surface area (Å²) >= 11 is 0. The van der Waals surface area contributed by atoms with Crippen LogP contribution in [0.1, 0.15) is 23.0 Å². The maximum absolute atomic E-state index is 11.9. The number of nitrogens with zero attached hydrogens (tertiary/aromatic N) is 2. The van der Waals surface area contributed by atoms with Crippen molar-refractivity contribution in [2.24, 2.45) is 0 Å². The quantitative estimate of drug-likeness (QED) is 0.490. The molecule has 0 unspecified atom stereocenters. The van der Waals surface area contributed by atoms with E-state index in [1.54, 1.807) is 13.0 Å². The highest BCUT2D eigenvalue weighted by Gasteiger charge is 2.18. The normalized spacial score (nSPS) is 10.1. The Labute approximate surface area is 130 Å². The Hall–Kier alpha value is -3.23. The number of rotatable bonds is 6. The summed E-state index contributed by atoms with van der Waals surface area (Å²) in [5, 5.41) is 13.2. The molecule has 0 saturated heterocycles. The minimum Gasteiger partial charge on any atom is -0.461 e. The van der Waals surface area contributed by atoms with Crippen LogP contribution in [0.4, 0.5) is 11.7 Å². The molecule has 23 heavy (non-hydrogen) atoms. The van der Waals surface area contributed by atoms with Gasteiger partial charge in [0.05, 0.1) is 18.0 Å². The van der Waals surface area contributed by atoms with Crippen LogP contribution in [0.5, 0.6) is 0 Å². The molecule has 0 saturated carbocycles. The van der Waals surface area contributed by atoms with Gasteiger partial charge in [-0.3, -0.25) is 20.2 Å². The first-order valence-electron chi connectivity index (χ1n) is 6.66. The molecule has 1 N–H and O–H groups in total. The van der Waals surface area contributed by atoms with Crippen LogP contribution in [-0.2, 0) is 16.0 Å². The van der Waals surface area contributed by atoms with Gasteiger partial charge in [-0.2, -0.15) is 4.98 Å². The Bertz CT molecular complexity index is 740. The molecule has 0 bridgehead atoms. The Balaban J connectivity index is 2.03. The molecule has 0 aliphatic rings. The molecule has 1 aromatic carbocycles. The maximum Gasteiger partial charge on any atom is 0.360 e. The number of benzene rings is 1. The second-order valence-corrected chi connectivity index (χ2v) is 4.37. The molecule has 1 aromatic heterocycles. The number of amides is 1. The number of para-hydroxylation sites is 1. The van der Waals surface area contributed by atoms with Gasteiger partial charge in [-0.15, -0.1) is 0 Å². The van der Waals surface area contributed by atoms with Crippen molar-refractivity contribution in [3.05, 3.63) is 51.9 Å². The fourth-order valence-electron chi connectivity index (χ4n) is 1.80. The van der Waals surface area contributed by atoms with Crippen molar-refractivity contribution >= 4 is 23.6 Å². The van der Waals surface area contributed by atoms with Gasteiger partial charge in [-0.1, -0.05) is 18.2 Å². The number of nitro groups is 1. The number of nitro benzene ring substituents is 1. The zero-order chi connectivity index (χ0) is 16.8. The second kappa shape index (κ2) is 7.16. The van der Waals surface area contributed by atoms with E-state index >= 15 is 0 Å². The number of anilines is 1. The number of esters is 1. The van der Waals surface area contributed by atoms with E-state index in [1.807, 2.05) is 0 Å². The standard InChI is InChI=1S/C14H13N3O6/c1-2-22-13(19)10-8-23-14(15-10)16-12(18)7-9-5-3-4-6-11(9)17(20)21/h3-6,8H,2,7H2,1H3,(H,15,16,18). The van der Waals surface area contributed by atoms with Gasteiger partial charge in [0.15, 0.2) is 5.69 Å². The zero-order valence-electron chi connectivity index (χ0n) is 12.1. The van der Waals surface area contributed by atoms with Gasteiger partial charge in [0, 0.05) is 11.6 Å². The van der Waals surface area contributed by atoms with E-state index in [2.05, 4.69) is 10.3 Å². The lowest BCUT2D eigenvalue weighted by Crippen LogP contribution is -2.15. The maximum atomic E-state index is 11.9. The number of carbonyl (C=O) groups excluding carboxylic acids is 2. The van der Waals surface area contributed by atoms with Crippen molar-refractivity contribution in [1.82, 2.24) is 4.98 Å². The Morgan fingerprint density at radius 1 is 1.39 bits per heavy atom. The van der Waals surface area contributed by atoms with Crippen molar-refractivity contribution in [2.45, 2.75) is 13.3 Å². The molecule has 2 aromatic rings. The molecular weight excluding hydrogens is 306 g/mol. The van der Waals surface area contributed by atoms with Crippen molar-refractivity contribution in [3.8, 4) is 0 Å². The van der Waals surface area contributed by atoms with Crippen LogP contribution in [0, 0.1) is 10.1 Å². The van der Waals surface area contributed by atoms with Crippen molar-refractivity contribution in [2.75, 3.05) is 11.9 Å². The second-order valence-electron chi connectivity index (χ2n) is 4.37. The highest BCUT2D eigenvalue weighted by atomic mass is 16.6. The van der Waals surface area contributed by atoms with Gasteiger partial charge in [0.25, 0.3) is 5.69 Å². The van der Waals surface area contributed by atoms with Gasteiger partial charge in [0.1, 0.15) is 6.26 Å². The third kappa shape index (κ3) is 4.13. The van der Waals surface area contributed by atoms with E-state index in [9.17, 15) is 19.7 Å². The summed E-state index contributed by atoms with van der Waals surface area (Å²) < 4.78 is 9.68. The predicted octanol–water partition coefficient (Wildman–Crippen LogP) is 1.94. The Kier molecular flexibility index (Phi) is 5.03. The van der Waals surface area contributed by atoms with Gasteiger partial charge in [0.2, 0.25) is 5.91 Å². The van der Waals surface area contributed by atoms with E-state index in [4.69, 9.17) is 9.15 Å². The third-order valence-corrected chi connectivity index (χ3v) is 2.77. The predicted molar refractivity (Wildman–Crippen MR) is 77.9 cm³/mol. The molecule has 9 nitrogen and oxygen atoms in total.